The van der Waals surface area contributed by atoms with Gasteiger partial charge < -0.3 is 4.90 Å². The fourth-order valence-electron chi connectivity index (χ4n) is 3.32. The van der Waals surface area contributed by atoms with Crippen LogP contribution in [0.15, 0.2) is 54.6 Å². The van der Waals surface area contributed by atoms with Crippen LogP contribution in [0.3, 0.4) is 0 Å². The summed E-state index contributed by atoms with van der Waals surface area (Å²) < 4.78 is 0. The summed E-state index contributed by atoms with van der Waals surface area (Å²) in [6, 6.07) is 14.9. The van der Waals surface area contributed by atoms with Gasteiger partial charge in [-0.25, -0.2) is 0 Å². The van der Waals surface area contributed by atoms with Gasteiger partial charge in [0.25, 0.3) is 0 Å². The van der Waals surface area contributed by atoms with Gasteiger partial charge >= 0.3 is 0 Å². The molecule has 1 amide bonds. The van der Waals surface area contributed by atoms with Crippen LogP contribution < -0.4 is 4.90 Å². The highest BCUT2D eigenvalue weighted by molar-refractivity contribution is 6.30. The molecular weight excluding hydrogens is 262 g/mol. The standard InChI is InChI=1S/C18H13NO2/c1-19-15-9-5-4-8-14(15)18(17(19)21)11-10-12-6-2-3-7-13(12)16(18)20/h2-11H,1H3/t18-/m0/s1. The van der Waals surface area contributed by atoms with Crippen LogP contribution in [0.4, 0.5) is 5.69 Å². The first-order valence-electron chi connectivity index (χ1n) is 6.87. The lowest BCUT2D eigenvalue weighted by molar-refractivity contribution is -0.120. The Bertz CT molecular complexity index is 821. The van der Waals surface area contributed by atoms with Crippen molar-refractivity contribution in [2.45, 2.75) is 5.41 Å². The fraction of sp³-hybridized carbons (Fsp3) is 0.111. The molecule has 21 heavy (non-hydrogen) atoms. The minimum atomic E-state index is -1.19. The zero-order valence-corrected chi connectivity index (χ0v) is 11.5. The van der Waals surface area contributed by atoms with Gasteiger partial charge in [0.2, 0.25) is 5.91 Å². The lowest BCUT2D eigenvalue weighted by Crippen LogP contribution is -2.45. The molecule has 1 aliphatic carbocycles. The second-order valence-electron chi connectivity index (χ2n) is 5.44. The molecule has 4 rings (SSSR count). The van der Waals surface area contributed by atoms with Crippen LogP contribution in [0.25, 0.3) is 6.08 Å². The molecule has 0 bridgehead atoms. The molecule has 0 fully saturated rings. The Hall–Kier alpha value is -2.68. The molecule has 1 aliphatic heterocycles. The number of amides is 1. The van der Waals surface area contributed by atoms with Crippen molar-refractivity contribution in [2.24, 2.45) is 0 Å². The first-order valence-corrected chi connectivity index (χ1v) is 6.87. The van der Waals surface area contributed by atoms with Gasteiger partial charge in [0.15, 0.2) is 11.2 Å². The molecule has 0 aromatic heterocycles. The van der Waals surface area contributed by atoms with Crippen LogP contribution in [0.2, 0.25) is 0 Å². The van der Waals surface area contributed by atoms with E-state index in [9.17, 15) is 9.59 Å². The van der Waals surface area contributed by atoms with Gasteiger partial charge in [-0.2, -0.15) is 0 Å². The minimum absolute atomic E-state index is 0.137. The summed E-state index contributed by atoms with van der Waals surface area (Å²) >= 11 is 0. The molecule has 2 aliphatic rings. The van der Waals surface area contributed by atoms with Crippen molar-refractivity contribution in [1.29, 1.82) is 0 Å². The van der Waals surface area contributed by atoms with Crippen LogP contribution in [0.1, 0.15) is 21.5 Å². The van der Waals surface area contributed by atoms with E-state index in [-0.39, 0.29) is 11.7 Å². The highest BCUT2D eigenvalue weighted by Crippen LogP contribution is 2.46. The quantitative estimate of drug-likeness (QED) is 0.693. The maximum Gasteiger partial charge on any atom is 0.249 e. The highest BCUT2D eigenvalue weighted by Gasteiger charge is 2.54. The smallest absolute Gasteiger partial charge is 0.249 e. The summed E-state index contributed by atoms with van der Waals surface area (Å²) in [6.07, 6.45) is 3.63. The molecule has 1 atom stereocenters. The Morgan fingerprint density at radius 2 is 1.67 bits per heavy atom. The van der Waals surface area contributed by atoms with Gasteiger partial charge in [0, 0.05) is 23.9 Å². The van der Waals surface area contributed by atoms with Crippen LogP contribution >= 0.6 is 0 Å². The summed E-state index contributed by atoms with van der Waals surface area (Å²) in [5, 5.41) is 0. The van der Waals surface area contributed by atoms with Gasteiger partial charge in [-0.3, -0.25) is 9.59 Å². The molecule has 2 aromatic rings. The maximum absolute atomic E-state index is 13.1. The van der Waals surface area contributed by atoms with Crippen molar-refractivity contribution in [3.8, 4) is 0 Å². The van der Waals surface area contributed by atoms with Gasteiger partial charge in [-0.05, 0) is 11.6 Å². The molecule has 0 saturated carbocycles. The third-order valence-corrected chi connectivity index (χ3v) is 4.41. The van der Waals surface area contributed by atoms with E-state index in [1.54, 1.807) is 24.1 Å². The number of likely N-dealkylation sites (N-methyl/N-ethyl adjacent to an activating group) is 1. The SMILES string of the molecule is CN1C(=O)[C@@]2(C=Cc3ccccc3C2=O)c2ccccc21. The molecule has 2 aromatic carbocycles. The predicted molar refractivity (Wildman–Crippen MR) is 81.3 cm³/mol. The molecule has 1 heterocycles. The summed E-state index contributed by atoms with van der Waals surface area (Å²) in [5.74, 6) is -0.318. The predicted octanol–water partition coefficient (Wildman–Crippen LogP) is 2.81. The summed E-state index contributed by atoms with van der Waals surface area (Å²) in [6.45, 7) is 0. The van der Waals surface area contributed by atoms with Gasteiger partial charge in [0.1, 0.15) is 0 Å². The van der Waals surface area contributed by atoms with E-state index in [1.807, 2.05) is 48.5 Å². The molecule has 0 saturated heterocycles. The number of hydrogen-bond acceptors (Lipinski definition) is 2. The number of ketones is 1. The number of nitrogens with zero attached hydrogens (tertiary/aromatic N) is 1. The van der Waals surface area contributed by atoms with Crippen molar-refractivity contribution >= 4 is 23.5 Å². The van der Waals surface area contributed by atoms with Crippen LogP contribution in [-0.2, 0) is 10.2 Å². The summed E-state index contributed by atoms with van der Waals surface area (Å²) in [5.41, 5.74) is 1.86. The van der Waals surface area contributed by atoms with Gasteiger partial charge in [0.05, 0.1) is 0 Å². The lowest BCUT2D eigenvalue weighted by Gasteiger charge is -2.27. The fourth-order valence-corrected chi connectivity index (χ4v) is 3.32. The third-order valence-electron chi connectivity index (χ3n) is 4.41. The topological polar surface area (TPSA) is 37.4 Å². The Morgan fingerprint density at radius 1 is 0.952 bits per heavy atom. The van der Waals surface area contributed by atoms with Crippen molar-refractivity contribution in [3.05, 3.63) is 71.3 Å². The van der Waals surface area contributed by atoms with Crippen LogP contribution in [-0.4, -0.2) is 18.7 Å². The second-order valence-corrected chi connectivity index (χ2v) is 5.44. The number of rotatable bonds is 0. The Labute approximate surface area is 122 Å². The van der Waals surface area contributed by atoms with Crippen molar-refractivity contribution in [1.82, 2.24) is 0 Å². The first-order chi connectivity index (χ1) is 10.2. The van der Waals surface area contributed by atoms with Crippen molar-refractivity contribution in [3.63, 3.8) is 0 Å². The first kappa shape index (κ1) is 12.1. The Kier molecular flexibility index (Phi) is 2.25. The molecule has 0 radical (unpaired) electrons. The van der Waals surface area contributed by atoms with Gasteiger partial charge in [-0.1, -0.05) is 54.6 Å². The molecule has 3 nitrogen and oxygen atoms in total. The number of carbonyl (C=O) groups excluding carboxylic acids is 2. The zero-order chi connectivity index (χ0) is 14.6. The van der Waals surface area contributed by atoms with Crippen molar-refractivity contribution < 1.29 is 9.59 Å². The van der Waals surface area contributed by atoms with E-state index in [4.69, 9.17) is 0 Å². The van der Waals surface area contributed by atoms with E-state index in [0.29, 0.717) is 5.56 Å². The third kappa shape index (κ3) is 1.33. The number of fused-ring (bicyclic) bond motifs is 3. The number of carbonyl (C=O) groups is 2. The molecule has 102 valence electrons. The zero-order valence-electron chi connectivity index (χ0n) is 11.5. The van der Waals surface area contributed by atoms with E-state index >= 15 is 0 Å². The molecule has 0 N–H and O–H groups in total. The highest BCUT2D eigenvalue weighted by atomic mass is 16.2. The van der Waals surface area contributed by atoms with Crippen LogP contribution in [0, 0.1) is 0 Å². The second kappa shape index (κ2) is 3.92. The Morgan fingerprint density at radius 3 is 2.52 bits per heavy atom. The van der Waals surface area contributed by atoms with E-state index in [2.05, 4.69) is 0 Å². The normalized spacial score (nSPS) is 22.6. The minimum Gasteiger partial charge on any atom is -0.314 e. The van der Waals surface area contributed by atoms with Crippen molar-refractivity contribution in [2.75, 3.05) is 11.9 Å². The number of anilines is 1. The van der Waals surface area contributed by atoms with E-state index < -0.39 is 5.41 Å². The maximum atomic E-state index is 13.1. The van der Waals surface area contributed by atoms with E-state index in [1.165, 1.54) is 0 Å². The number of benzene rings is 2. The number of Topliss-reactive ketones (excluding diaryl/α,β-unsaturated/α-hetero) is 1. The average Bonchev–Trinajstić information content (AvgIpc) is 2.75. The van der Waals surface area contributed by atoms with E-state index in [0.717, 1.165) is 16.8 Å². The lowest BCUT2D eigenvalue weighted by atomic mass is 9.71. The number of hydrogen-bond donors (Lipinski definition) is 0. The largest absolute Gasteiger partial charge is 0.314 e. The van der Waals surface area contributed by atoms with Gasteiger partial charge in [-0.15, -0.1) is 0 Å². The number of para-hydroxylation sites is 1. The Balaban J connectivity index is 2.02. The average molecular weight is 275 g/mol. The molecule has 0 unspecified atom stereocenters. The molecule has 3 heteroatoms. The summed E-state index contributed by atoms with van der Waals surface area (Å²) in [4.78, 5) is 27.4. The monoisotopic (exact) mass is 275 g/mol. The molecular formula is C18H13NO2. The summed E-state index contributed by atoms with van der Waals surface area (Å²) in [7, 11) is 1.72. The van der Waals surface area contributed by atoms with Crippen LogP contribution in [0.5, 0.6) is 0 Å². The molecule has 1 spiro atoms.